The Morgan fingerprint density at radius 3 is 2.64 bits per heavy atom. The van der Waals surface area contributed by atoms with Gasteiger partial charge in [-0.05, 0) is 48.7 Å². The van der Waals surface area contributed by atoms with Gasteiger partial charge in [0.05, 0.1) is 17.9 Å². The molecule has 0 spiro atoms. The number of benzene rings is 2. The molecule has 3 N–H and O–H groups in total. The lowest BCUT2D eigenvalue weighted by Crippen LogP contribution is -2.22. The zero-order valence-corrected chi connectivity index (χ0v) is 16.2. The Kier molecular flexibility index (Phi) is 4.95. The van der Waals surface area contributed by atoms with E-state index in [9.17, 15) is 4.79 Å². The summed E-state index contributed by atoms with van der Waals surface area (Å²) in [7, 11) is 0. The molecule has 0 aliphatic heterocycles. The minimum absolute atomic E-state index is 0.103. The average molecular weight is 388 g/mol. The molecule has 4 aromatic rings. The second-order valence-electron chi connectivity index (χ2n) is 6.54. The summed E-state index contributed by atoms with van der Waals surface area (Å²) in [5.41, 5.74) is 10.6. The molecule has 5 nitrogen and oxygen atoms in total. The third-order valence-corrected chi connectivity index (χ3v) is 5.30. The number of nitrogens with zero attached hydrogens (tertiary/aromatic N) is 2. The SMILES string of the molecule is Cc1cccc(-c2cc(N)n(-c3ccc(C(=O)NCc4cccs4)cc3)n2)c1. The van der Waals surface area contributed by atoms with Gasteiger partial charge in [0.2, 0.25) is 0 Å². The fourth-order valence-electron chi connectivity index (χ4n) is 2.98. The van der Waals surface area contributed by atoms with E-state index in [-0.39, 0.29) is 5.91 Å². The molecule has 0 radical (unpaired) electrons. The number of thiophene rings is 1. The van der Waals surface area contributed by atoms with Gasteiger partial charge in [0.15, 0.2) is 0 Å². The van der Waals surface area contributed by atoms with Gasteiger partial charge in [0.25, 0.3) is 5.91 Å². The minimum Gasteiger partial charge on any atom is -0.384 e. The van der Waals surface area contributed by atoms with Crippen molar-refractivity contribution in [3.05, 3.63) is 88.1 Å². The molecule has 0 fully saturated rings. The van der Waals surface area contributed by atoms with E-state index in [0.29, 0.717) is 17.9 Å². The third-order valence-electron chi connectivity index (χ3n) is 4.43. The molecule has 6 heteroatoms. The molecule has 0 aliphatic carbocycles. The first-order chi connectivity index (χ1) is 13.6. The maximum Gasteiger partial charge on any atom is 0.251 e. The Labute approximate surface area is 167 Å². The van der Waals surface area contributed by atoms with Crippen LogP contribution in [-0.4, -0.2) is 15.7 Å². The number of carbonyl (C=O) groups is 1. The van der Waals surface area contributed by atoms with Crippen LogP contribution in [0.25, 0.3) is 16.9 Å². The van der Waals surface area contributed by atoms with Gasteiger partial charge in [-0.1, -0.05) is 29.8 Å². The Bertz CT molecular complexity index is 1100. The van der Waals surface area contributed by atoms with Gasteiger partial charge in [0.1, 0.15) is 5.82 Å². The molecular weight excluding hydrogens is 368 g/mol. The molecule has 4 rings (SSSR count). The van der Waals surface area contributed by atoms with Crippen LogP contribution >= 0.6 is 11.3 Å². The summed E-state index contributed by atoms with van der Waals surface area (Å²) >= 11 is 1.62. The summed E-state index contributed by atoms with van der Waals surface area (Å²) in [5, 5.41) is 9.55. The number of aryl methyl sites for hydroxylation is 1. The summed E-state index contributed by atoms with van der Waals surface area (Å²) < 4.78 is 1.69. The topological polar surface area (TPSA) is 72.9 Å². The van der Waals surface area contributed by atoms with Crippen molar-refractivity contribution in [1.29, 1.82) is 0 Å². The molecule has 2 aromatic carbocycles. The number of nitrogen functional groups attached to an aromatic ring is 1. The monoisotopic (exact) mass is 388 g/mol. The fraction of sp³-hybridized carbons (Fsp3) is 0.0909. The van der Waals surface area contributed by atoms with Crippen LogP contribution in [0.3, 0.4) is 0 Å². The number of aromatic nitrogens is 2. The zero-order chi connectivity index (χ0) is 19.5. The Morgan fingerprint density at radius 1 is 1.11 bits per heavy atom. The van der Waals surface area contributed by atoms with Crippen molar-refractivity contribution in [2.24, 2.45) is 0 Å². The van der Waals surface area contributed by atoms with E-state index in [0.717, 1.165) is 21.8 Å². The highest BCUT2D eigenvalue weighted by molar-refractivity contribution is 7.09. The highest BCUT2D eigenvalue weighted by Crippen LogP contribution is 2.24. The van der Waals surface area contributed by atoms with Gasteiger partial charge in [-0.25, -0.2) is 4.68 Å². The van der Waals surface area contributed by atoms with Crippen LogP contribution in [0.5, 0.6) is 0 Å². The van der Waals surface area contributed by atoms with Crippen molar-refractivity contribution in [2.75, 3.05) is 5.73 Å². The van der Waals surface area contributed by atoms with E-state index >= 15 is 0 Å². The normalized spacial score (nSPS) is 10.8. The highest BCUT2D eigenvalue weighted by Gasteiger charge is 2.11. The van der Waals surface area contributed by atoms with E-state index in [1.54, 1.807) is 28.2 Å². The molecule has 1 amide bonds. The van der Waals surface area contributed by atoms with E-state index in [1.807, 2.05) is 60.8 Å². The smallest absolute Gasteiger partial charge is 0.251 e. The predicted molar refractivity (Wildman–Crippen MR) is 114 cm³/mol. The molecular formula is C22H20N4OS. The Morgan fingerprint density at radius 2 is 1.93 bits per heavy atom. The van der Waals surface area contributed by atoms with Gasteiger partial charge in [-0.15, -0.1) is 11.3 Å². The van der Waals surface area contributed by atoms with Crippen LogP contribution in [0.4, 0.5) is 5.82 Å². The van der Waals surface area contributed by atoms with Gasteiger partial charge in [-0.3, -0.25) is 4.79 Å². The third kappa shape index (κ3) is 3.82. The largest absolute Gasteiger partial charge is 0.384 e. The van der Waals surface area contributed by atoms with Crippen molar-refractivity contribution in [3.63, 3.8) is 0 Å². The molecule has 0 saturated heterocycles. The van der Waals surface area contributed by atoms with Crippen LogP contribution in [0.15, 0.2) is 72.1 Å². The molecule has 28 heavy (non-hydrogen) atoms. The van der Waals surface area contributed by atoms with Crippen LogP contribution in [0.2, 0.25) is 0 Å². The predicted octanol–water partition coefficient (Wildman–Crippen LogP) is 4.42. The summed E-state index contributed by atoms with van der Waals surface area (Å²) in [6.45, 7) is 2.58. The number of amides is 1. The van der Waals surface area contributed by atoms with E-state index in [4.69, 9.17) is 5.73 Å². The maximum absolute atomic E-state index is 12.3. The number of hydrogen-bond acceptors (Lipinski definition) is 4. The quantitative estimate of drug-likeness (QED) is 0.531. The lowest BCUT2D eigenvalue weighted by Gasteiger charge is -2.07. The van der Waals surface area contributed by atoms with Gasteiger partial charge in [0, 0.05) is 22.1 Å². The summed E-state index contributed by atoms with van der Waals surface area (Å²) in [5.74, 6) is 0.445. The molecule has 0 unspecified atom stereocenters. The van der Waals surface area contributed by atoms with Crippen molar-refractivity contribution >= 4 is 23.1 Å². The van der Waals surface area contributed by atoms with Crippen molar-refractivity contribution < 1.29 is 4.79 Å². The van der Waals surface area contributed by atoms with Crippen molar-refractivity contribution in [2.45, 2.75) is 13.5 Å². The number of rotatable bonds is 5. The first-order valence-electron chi connectivity index (χ1n) is 8.94. The average Bonchev–Trinajstić information content (AvgIpc) is 3.36. The highest BCUT2D eigenvalue weighted by atomic mass is 32.1. The number of carbonyl (C=O) groups excluding carboxylic acids is 1. The van der Waals surface area contributed by atoms with E-state index in [1.165, 1.54) is 5.56 Å². The standard InChI is InChI=1S/C22H20N4OS/c1-15-4-2-5-17(12-15)20-13-21(23)26(25-20)18-9-7-16(8-10-18)22(27)24-14-19-6-3-11-28-19/h2-13H,14,23H2,1H3,(H,24,27). The number of hydrogen-bond donors (Lipinski definition) is 2. The molecule has 0 atom stereocenters. The van der Waals surface area contributed by atoms with Gasteiger partial charge in [-0.2, -0.15) is 5.10 Å². The Hall–Kier alpha value is -3.38. The fourth-order valence-corrected chi connectivity index (χ4v) is 3.63. The van der Waals surface area contributed by atoms with Gasteiger partial charge < -0.3 is 11.1 Å². The van der Waals surface area contributed by atoms with Crippen LogP contribution in [0.1, 0.15) is 20.8 Å². The summed E-state index contributed by atoms with van der Waals surface area (Å²) in [6, 6.07) is 21.2. The lowest BCUT2D eigenvalue weighted by molar-refractivity contribution is 0.0951. The maximum atomic E-state index is 12.3. The van der Waals surface area contributed by atoms with E-state index < -0.39 is 0 Å². The summed E-state index contributed by atoms with van der Waals surface area (Å²) in [4.78, 5) is 13.4. The van der Waals surface area contributed by atoms with Crippen LogP contribution in [-0.2, 0) is 6.54 Å². The lowest BCUT2D eigenvalue weighted by atomic mass is 10.1. The molecule has 2 aromatic heterocycles. The number of nitrogens with one attached hydrogen (secondary N) is 1. The summed E-state index contributed by atoms with van der Waals surface area (Å²) in [6.07, 6.45) is 0. The molecule has 0 bridgehead atoms. The molecule has 2 heterocycles. The first kappa shape index (κ1) is 18.0. The molecule has 0 aliphatic rings. The second-order valence-corrected chi connectivity index (χ2v) is 7.58. The van der Waals surface area contributed by atoms with Crippen molar-refractivity contribution in [1.82, 2.24) is 15.1 Å². The molecule has 140 valence electrons. The zero-order valence-electron chi connectivity index (χ0n) is 15.4. The van der Waals surface area contributed by atoms with Crippen LogP contribution < -0.4 is 11.1 Å². The molecule has 0 saturated carbocycles. The Balaban J connectivity index is 1.51. The first-order valence-corrected chi connectivity index (χ1v) is 9.82. The minimum atomic E-state index is -0.103. The van der Waals surface area contributed by atoms with Crippen molar-refractivity contribution in [3.8, 4) is 16.9 Å². The van der Waals surface area contributed by atoms with Crippen LogP contribution in [0, 0.1) is 6.92 Å². The van der Waals surface area contributed by atoms with E-state index in [2.05, 4.69) is 16.5 Å². The number of nitrogens with two attached hydrogens (primary N) is 1. The number of anilines is 1. The second kappa shape index (κ2) is 7.70. The van der Waals surface area contributed by atoms with Gasteiger partial charge >= 0.3 is 0 Å².